The number of hydrogen-bond acceptors (Lipinski definition) is 4. The Labute approximate surface area is 418 Å². The highest BCUT2D eigenvalue weighted by molar-refractivity contribution is 6.16. The highest BCUT2D eigenvalue weighted by atomic mass is 15.1. The largest absolute Gasteiger partial charge is 0.292 e. The Morgan fingerprint density at radius 1 is 0.319 bits per heavy atom. The molecule has 72 heavy (non-hydrogen) atoms. The van der Waals surface area contributed by atoms with Crippen LogP contribution < -0.4 is 0 Å². The third-order valence-corrected chi connectivity index (χ3v) is 13.7. The van der Waals surface area contributed by atoms with E-state index in [-0.39, 0.29) is 0 Å². The second kappa shape index (κ2) is 18.4. The van der Waals surface area contributed by atoms with Gasteiger partial charge in [-0.25, -0.2) is 15.0 Å². The highest BCUT2D eigenvalue weighted by Gasteiger charge is 2.23. The van der Waals surface area contributed by atoms with Crippen molar-refractivity contribution in [3.63, 3.8) is 0 Å². The summed E-state index contributed by atoms with van der Waals surface area (Å²) in [5.41, 5.74) is 18.6. The van der Waals surface area contributed by atoms with Gasteiger partial charge in [0, 0.05) is 50.7 Å². The minimum Gasteiger partial charge on any atom is -0.292 e. The summed E-state index contributed by atoms with van der Waals surface area (Å²) in [5, 5.41) is 3.32. The van der Waals surface area contributed by atoms with Gasteiger partial charge >= 0.3 is 0 Å². The van der Waals surface area contributed by atoms with Crippen molar-refractivity contribution in [1.29, 1.82) is 0 Å². The van der Waals surface area contributed by atoms with E-state index in [0.29, 0.717) is 12.2 Å². The molecule has 0 spiro atoms. The zero-order valence-corrected chi connectivity index (χ0v) is 39.3. The van der Waals surface area contributed by atoms with Gasteiger partial charge in [-0.05, 0) is 63.0 Å². The maximum Gasteiger partial charge on any atom is 0.160 e. The molecular formula is C67H45N5. The second-order valence-corrected chi connectivity index (χ2v) is 18.1. The van der Waals surface area contributed by atoms with Crippen molar-refractivity contribution < 1.29 is 0 Å². The lowest BCUT2D eigenvalue weighted by Gasteiger charge is -2.17. The molecule has 0 aliphatic carbocycles. The lowest BCUT2D eigenvalue weighted by atomic mass is 9.92. The van der Waals surface area contributed by atoms with E-state index in [4.69, 9.17) is 19.9 Å². The van der Waals surface area contributed by atoms with Crippen LogP contribution in [-0.2, 0) is 6.42 Å². The van der Waals surface area contributed by atoms with Crippen LogP contribution in [0.3, 0.4) is 0 Å². The topological polar surface area (TPSA) is 56.5 Å². The number of pyridine rings is 1. The van der Waals surface area contributed by atoms with Crippen LogP contribution in [0.15, 0.2) is 261 Å². The van der Waals surface area contributed by atoms with Crippen LogP contribution in [0, 0.1) is 0 Å². The van der Waals surface area contributed by atoms with E-state index < -0.39 is 0 Å². The summed E-state index contributed by atoms with van der Waals surface area (Å²) in [7, 11) is 0. The van der Waals surface area contributed by atoms with Crippen LogP contribution in [0.1, 0.15) is 11.3 Å². The lowest BCUT2D eigenvalue weighted by molar-refractivity contribution is 1.10. The Morgan fingerprint density at radius 2 is 0.778 bits per heavy atom. The first-order valence-electron chi connectivity index (χ1n) is 24.4. The molecule has 338 valence electrons. The zero-order chi connectivity index (χ0) is 47.8. The summed E-state index contributed by atoms with van der Waals surface area (Å²) in [6, 6.07) is 91.7. The lowest BCUT2D eigenvalue weighted by Crippen LogP contribution is -2.01. The maximum atomic E-state index is 5.50. The van der Waals surface area contributed by atoms with E-state index in [1.165, 1.54) is 11.1 Å². The van der Waals surface area contributed by atoms with E-state index in [0.717, 1.165) is 111 Å². The second-order valence-electron chi connectivity index (χ2n) is 18.1. The predicted molar refractivity (Wildman–Crippen MR) is 297 cm³/mol. The first-order chi connectivity index (χ1) is 35.7. The molecule has 0 aliphatic heterocycles. The van der Waals surface area contributed by atoms with Crippen molar-refractivity contribution in [2.75, 3.05) is 0 Å². The molecule has 10 aromatic carbocycles. The number of aromatic nitrogens is 5. The molecule has 3 aromatic heterocycles. The molecule has 0 unspecified atom stereocenters. The molecular weight excluding hydrogens is 875 g/mol. The van der Waals surface area contributed by atoms with Gasteiger partial charge in [-0.15, -0.1) is 0 Å². The van der Waals surface area contributed by atoms with Crippen molar-refractivity contribution in [2.24, 2.45) is 0 Å². The maximum absolute atomic E-state index is 5.50. The standard InChI is InChI=1S/C67H45N5/c1-6-18-46(19-7-1)47-34-36-48(37-35-47)49-38-40-53(41-39-49)66-69-63(51-20-8-2-9-21-51)61(64(70-66)52-22-10-3-11-23-52)50-32-30-45(31-33-50)44-59-62-57(56-28-16-17-29-58(56)68-59)42-43-60-65(62)71-67(54-24-12-4-13-25-54)72(60)55-26-14-5-15-27-55/h1-43H,44H2. The summed E-state index contributed by atoms with van der Waals surface area (Å²) >= 11 is 0. The number of hydrogen-bond donors (Lipinski definition) is 0. The summed E-state index contributed by atoms with van der Waals surface area (Å²) in [5.74, 6) is 1.57. The van der Waals surface area contributed by atoms with Crippen LogP contribution in [0.25, 0.3) is 117 Å². The number of fused-ring (bicyclic) bond motifs is 5. The van der Waals surface area contributed by atoms with Crippen molar-refractivity contribution in [3.05, 3.63) is 272 Å². The Balaban J connectivity index is 0.916. The molecule has 0 amide bonds. The smallest absolute Gasteiger partial charge is 0.160 e. The molecule has 13 rings (SSSR count). The summed E-state index contributed by atoms with van der Waals surface area (Å²) in [6.45, 7) is 0. The van der Waals surface area contributed by atoms with E-state index in [9.17, 15) is 0 Å². The summed E-state index contributed by atoms with van der Waals surface area (Å²) in [6.07, 6.45) is 0.610. The Hall–Kier alpha value is -9.58. The first-order valence-corrected chi connectivity index (χ1v) is 24.4. The van der Waals surface area contributed by atoms with Crippen LogP contribution in [0.4, 0.5) is 0 Å². The molecule has 0 aliphatic rings. The number of rotatable bonds is 10. The van der Waals surface area contributed by atoms with Crippen LogP contribution in [-0.4, -0.2) is 24.5 Å². The fraction of sp³-hybridized carbons (Fsp3) is 0.0149. The normalized spacial score (nSPS) is 11.4. The molecule has 0 N–H and O–H groups in total. The van der Waals surface area contributed by atoms with Crippen molar-refractivity contribution in [2.45, 2.75) is 6.42 Å². The molecule has 0 atom stereocenters. The van der Waals surface area contributed by atoms with Crippen LogP contribution >= 0.6 is 0 Å². The van der Waals surface area contributed by atoms with Crippen molar-refractivity contribution >= 4 is 32.7 Å². The number of imidazole rings is 1. The molecule has 0 saturated carbocycles. The number of nitrogens with zero attached hydrogens (tertiary/aromatic N) is 5. The number of benzene rings is 10. The van der Waals surface area contributed by atoms with Gasteiger partial charge < -0.3 is 0 Å². The SMILES string of the molecule is c1ccc(-c2ccc(-c3ccc(-c4nc(-c5ccccc5)c(-c5ccc(Cc6nc7ccccc7c7ccc8c(nc(-c9ccccc9)n8-c8ccccc8)c67)cc5)c(-c5ccccc5)n4)cc3)cc2)cc1. The van der Waals surface area contributed by atoms with Gasteiger partial charge in [-0.1, -0.05) is 237 Å². The summed E-state index contributed by atoms with van der Waals surface area (Å²) in [4.78, 5) is 21.8. The van der Waals surface area contributed by atoms with Gasteiger partial charge in [0.25, 0.3) is 0 Å². The molecule has 0 radical (unpaired) electrons. The average Bonchev–Trinajstić information content (AvgIpc) is 3.86. The van der Waals surface area contributed by atoms with E-state index in [2.05, 4.69) is 253 Å². The van der Waals surface area contributed by atoms with Gasteiger partial charge in [0.05, 0.1) is 33.6 Å². The highest BCUT2D eigenvalue weighted by Crippen LogP contribution is 2.41. The zero-order valence-electron chi connectivity index (χ0n) is 39.3. The van der Waals surface area contributed by atoms with Crippen molar-refractivity contribution in [1.82, 2.24) is 24.5 Å². The third-order valence-electron chi connectivity index (χ3n) is 13.7. The Kier molecular flexibility index (Phi) is 10.9. The van der Waals surface area contributed by atoms with E-state index >= 15 is 0 Å². The summed E-state index contributed by atoms with van der Waals surface area (Å²) < 4.78 is 2.28. The van der Waals surface area contributed by atoms with Gasteiger partial charge in [-0.2, -0.15) is 0 Å². The molecule has 5 heteroatoms. The first kappa shape index (κ1) is 42.5. The van der Waals surface area contributed by atoms with E-state index in [1.807, 2.05) is 12.1 Å². The predicted octanol–water partition coefficient (Wildman–Crippen LogP) is 16.8. The van der Waals surface area contributed by atoms with E-state index in [1.54, 1.807) is 0 Å². The van der Waals surface area contributed by atoms with Gasteiger partial charge in [-0.3, -0.25) is 9.55 Å². The van der Waals surface area contributed by atoms with Crippen LogP contribution in [0.5, 0.6) is 0 Å². The van der Waals surface area contributed by atoms with Crippen LogP contribution in [0.2, 0.25) is 0 Å². The number of para-hydroxylation sites is 2. The third kappa shape index (κ3) is 7.89. The minimum atomic E-state index is 0.610. The fourth-order valence-corrected chi connectivity index (χ4v) is 10.2. The van der Waals surface area contributed by atoms with Gasteiger partial charge in [0.15, 0.2) is 5.82 Å². The molecule has 3 heterocycles. The molecule has 5 nitrogen and oxygen atoms in total. The van der Waals surface area contributed by atoms with Gasteiger partial charge in [0.1, 0.15) is 5.82 Å². The quantitative estimate of drug-likeness (QED) is 0.128. The molecule has 0 bridgehead atoms. The van der Waals surface area contributed by atoms with Gasteiger partial charge in [0.2, 0.25) is 0 Å². The molecule has 0 fully saturated rings. The Bertz CT molecular complexity index is 3980. The Morgan fingerprint density at radius 3 is 1.35 bits per heavy atom. The minimum absolute atomic E-state index is 0.610. The molecule has 13 aromatic rings. The fourth-order valence-electron chi connectivity index (χ4n) is 10.2. The monoisotopic (exact) mass is 919 g/mol. The average molecular weight is 920 g/mol. The molecule has 0 saturated heterocycles. The van der Waals surface area contributed by atoms with Crippen molar-refractivity contribution in [3.8, 4) is 84.4 Å².